The van der Waals surface area contributed by atoms with Crippen molar-refractivity contribution in [1.29, 1.82) is 0 Å². The highest BCUT2D eigenvalue weighted by molar-refractivity contribution is 9.10. The highest BCUT2D eigenvalue weighted by Crippen LogP contribution is 2.32. The molecule has 1 unspecified atom stereocenters. The standard InChI is InChI=1S/C18H22BrN3O2.2ClH/c1-11-18(13-4-6-14(19)7-5-13)24-17(21-11)9-8-16(23)22-15(10-20)12-2-3-12;;/h4-7,12,15H,2-3,8-10,20H2,1H3,(H,22,23);2*1H. The normalized spacial score (nSPS) is 14.1. The van der Waals surface area contributed by atoms with Crippen molar-refractivity contribution in [3.63, 3.8) is 0 Å². The van der Waals surface area contributed by atoms with Gasteiger partial charge in [0.15, 0.2) is 11.7 Å². The maximum Gasteiger partial charge on any atom is 0.220 e. The summed E-state index contributed by atoms with van der Waals surface area (Å²) in [6, 6.07) is 8.01. The summed E-state index contributed by atoms with van der Waals surface area (Å²) in [5.41, 5.74) is 7.54. The van der Waals surface area contributed by atoms with E-state index in [9.17, 15) is 4.79 Å². The Kier molecular flexibility index (Phi) is 9.10. The highest BCUT2D eigenvalue weighted by Gasteiger charge is 2.31. The predicted octanol–water partition coefficient (Wildman–Crippen LogP) is 4.04. The number of aromatic nitrogens is 1. The van der Waals surface area contributed by atoms with E-state index in [1.165, 1.54) is 0 Å². The molecule has 1 aliphatic carbocycles. The number of nitrogens with one attached hydrogen (secondary N) is 1. The molecule has 1 amide bonds. The van der Waals surface area contributed by atoms with E-state index in [1.54, 1.807) is 0 Å². The van der Waals surface area contributed by atoms with Crippen molar-refractivity contribution in [2.75, 3.05) is 6.54 Å². The minimum Gasteiger partial charge on any atom is -0.440 e. The Morgan fingerprint density at radius 3 is 2.58 bits per heavy atom. The van der Waals surface area contributed by atoms with Gasteiger partial charge in [0, 0.05) is 35.5 Å². The molecule has 0 spiro atoms. The number of halogens is 3. The molecular formula is C18H24BrCl2N3O2. The number of benzene rings is 1. The summed E-state index contributed by atoms with van der Waals surface area (Å²) < 4.78 is 6.87. The highest BCUT2D eigenvalue weighted by atomic mass is 79.9. The molecule has 2 aromatic rings. The maximum atomic E-state index is 12.1. The molecule has 1 aromatic carbocycles. The first-order chi connectivity index (χ1) is 11.6. The number of hydrogen-bond acceptors (Lipinski definition) is 4. The van der Waals surface area contributed by atoms with Gasteiger partial charge in [0.2, 0.25) is 5.91 Å². The van der Waals surface area contributed by atoms with Crippen LogP contribution in [0.1, 0.15) is 30.8 Å². The van der Waals surface area contributed by atoms with Crippen molar-refractivity contribution in [3.05, 3.63) is 40.3 Å². The van der Waals surface area contributed by atoms with Gasteiger partial charge in [-0.25, -0.2) is 4.98 Å². The molecule has 8 heteroatoms. The molecule has 0 saturated heterocycles. The van der Waals surface area contributed by atoms with Gasteiger partial charge in [0.25, 0.3) is 0 Å². The Morgan fingerprint density at radius 1 is 1.35 bits per heavy atom. The van der Waals surface area contributed by atoms with Crippen LogP contribution in [0.5, 0.6) is 0 Å². The second-order valence-corrected chi connectivity index (χ2v) is 7.19. The molecule has 0 radical (unpaired) electrons. The van der Waals surface area contributed by atoms with Gasteiger partial charge in [0.05, 0.1) is 5.69 Å². The number of oxazole rings is 1. The molecule has 1 fully saturated rings. The van der Waals surface area contributed by atoms with Gasteiger partial charge in [-0.3, -0.25) is 4.79 Å². The lowest BCUT2D eigenvalue weighted by Gasteiger charge is -2.15. The lowest BCUT2D eigenvalue weighted by Crippen LogP contribution is -2.41. The number of nitrogens with two attached hydrogens (primary N) is 1. The summed E-state index contributed by atoms with van der Waals surface area (Å²) in [5.74, 6) is 1.93. The fourth-order valence-corrected chi connectivity index (χ4v) is 3.06. The summed E-state index contributed by atoms with van der Waals surface area (Å²) in [6.07, 6.45) is 3.18. The molecule has 26 heavy (non-hydrogen) atoms. The van der Waals surface area contributed by atoms with Crippen LogP contribution in [-0.4, -0.2) is 23.5 Å². The number of nitrogens with zero attached hydrogens (tertiary/aromatic N) is 1. The van der Waals surface area contributed by atoms with Crippen molar-refractivity contribution in [1.82, 2.24) is 10.3 Å². The quantitative estimate of drug-likeness (QED) is 0.647. The summed E-state index contributed by atoms with van der Waals surface area (Å²) in [4.78, 5) is 16.5. The molecule has 0 aliphatic heterocycles. The van der Waals surface area contributed by atoms with Gasteiger partial charge < -0.3 is 15.5 Å². The summed E-state index contributed by atoms with van der Waals surface area (Å²) >= 11 is 3.42. The summed E-state index contributed by atoms with van der Waals surface area (Å²) in [5, 5.41) is 3.02. The van der Waals surface area contributed by atoms with Gasteiger partial charge in [-0.05, 0) is 37.8 Å². The van der Waals surface area contributed by atoms with Crippen LogP contribution in [-0.2, 0) is 11.2 Å². The largest absolute Gasteiger partial charge is 0.440 e. The Morgan fingerprint density at radius 2 is 2.00 bits per heavy atom. The molecule has 1 aromatic heterocycles. The topological polar surface area (TPSA) is 81.2 Å². The van der Waals surface area contributed by atoms with Gasteiger partial charge in [-0.2, -0.15) is 0 Å². The number of hydrogen-bond donors (Lipinski definition) is 2. The Bertz CT molecular complexity index is 718. The van der Waals surface area contributed by atoms with Crippen molar-refractivity contribution in [2.45, 2.75) is 38.6 Å². The van der Waals surface area contributed by atoms with E-state index in [2.05, 4.69) is 26.2 Å². The molecule has 5 nitrogen and oxygen atoms in total. The molecule has 1 saturated carbocycles. The van der Waals surface area contributed by atoms with Crippen LogP contribution in [0.4, 0.5) is 0 Å². The van der Waals surface area contributed by atoms with Crippen molar-refractivity contribution >= 4 is 46.7 Å². The third-order valence-electron chi connectivity index (χ3n) is 4.30. The smallest absolute Gasteiger partial charge is 0.220 e. The van der Waals surface area contributed by atoms with E-state index in [-0.39, 0.29) is 36.8 Å². The van der Waals surface area contributed by atoms with Crippen LogP contribution in [0.3, 0.4) is 0 Å². The third-order valence-corrected chi connectivity index (χ3v) is 4.83. The van der Waals surface area contributed by atoms with Crippen LogP contribution in [0, 0.1) is 12.8 Å². The zero-order chi connectivity index (χ0) is 17.1. The molecule has 1 atom stereocenters. The van der Waals surface area contributed by atoms with E-state index in [0.29, 0.717) is 31.2 Å². The van der Waals surface area contributed by atoms with E-state index in [4.69, 9.17) is 10.2 Å². The second kappa shape index (κ2) is 10.3. The first kappa shape index (κ1) is 23.0. The van der Waals surface area contributed by atoms with Crippen LogP contribution < -0.4 is 11.1 Å². The third kappa shape index (κ3) is 5.98. The molecule has 1 aliphatic rings. The van der Waals surface area contributed by atoms with Crippen molar-refractivity contribution in [2.24, 2.45) is 11.7 Å². The van der Waals surface area contributed by atoms with Crippen LogP contribution >= 0.6 is 40.7 Å². The molecule has 0 bridgehead atoms. The average Bonchev–Trinajstić information content (AvgIpc) is 3.34. The average molecular weight is 465 g/mol. The minimum absolute atomic E-state index is 0. The van der Waals surface area contributed by atoms with Crippen molar-refractivity contribution in [3.8, 4) is 11.3 Å². The van der Waals surface area contributed by atoms with E-state index in [1.807, 2.05) is 31.2 Å². The Labute approximate surface area is 174 Å². The second-order valence-electron chi connectivity index (χ2n) is 6.28. The SMILES string of the molecule is Cc1nc(CCC(=O)NC(CN)C2CC2)oc1-c1ccc(Br)cc1.Cl.Cl. The first-order valence-corrected chi connectivity index (χ1v) is 9.08. The molecule has 3 N–H and O–H groups in total. The zero-order valence-electron chi connectivity index (χ0n) is 14.5. The zero-order valence-corrected chi connectivity index (χ0v) is 17.8. The van der Waals surface area contributed by atoms with Gasteiger partial charge in [0.1, 0.15) is 0 Å². The van der Waals surface area contributed by atoms with Crippen molar-refractivity contribution < 1.29 is 9.21 Å². The molecule has 1 heterocycles. The predicted molar refractivity (Wildman–Crippen MR) is 111 cm³/mol. The van der Waals surface area contributed by atoms with Crippen LogP contribution in [0.25, 0.3) is 11.3 Å². The summed E-state index contributed by atoms with van der Waals surface area (Å²) in [6.45, 7) is 2.42. The fraction of sp³-hybridized carbons (Fsp3) is 0.444. The number of aryl methyl sites for hydroxylation is 2. The summed E-state index contributed by atoms with van der Waals surface area (Å²) in [7, 11) is 0. The molecule has 3 rings (SSSR count). The number of carbonyl (C=O) groups excluding carboxylic acids is 1. The Hall–Kier alpha value is -1.08. The number of amides is 1. The van der Waals surface area contributed by atoms with E-state index >= 15 is 0 Å². The van der Waals surface area contributed by atoms with Gasteiger partial charge in [-0.15, -0.1) is 24.8 Å². The van der Waals surface area contributed by atoms with Gasteiger partial charge in [-0.1, -0.05) is 28.1 Å². The van der Waals surface area contributed by atoms with E-state index < -0.39 is 0 Å². The number of rotatable bonds is 7. The number of carbonyl (C=O) groups is 1. The minimum atomic E-state index is 0. The van der Waals surface area contributed by atoms with Crippen LogP contribution in [0.2, 0.25) is 0 Å². The Balaban J connectivity index is 0.00000169. The fourth-order valence-electron chi connectivity index (χ4n) is 2.80. The van der Waals surface area contributed by atoms with Crippen LogP contribution in [0.15, 0.2) is 33.2 Å². The lowest BCUT2D eigenvalue weighted by molar-refractivity contribution is -0.121. The lowest BCUT2D eigenvalue weighted by atomic mass is 10.1. The molecular weight excluding hydrogens is 441 g/mol. The first-order valence-electron chi connectivity index (χ1n) is 8.28. The van der Waals surface area contributed by atoms with E-state index in [0.717, 1.165) is 34.3 Å². The van der Waals surface area contributed by atoms with Gasteiger partial charge >= 0.3 is 0 Å². The monoisotopic (exact) mass is 463 g/mol. The molecule has 144 valence electrons. The maximum absolute atomic E-state index is 12.1.